The van der Waals surface area contributed by atoms with E-state index in [9.17, 15) is 5.26 Å². The molecule has 0 radical (unpaired) electrons. The minimum atomic E-state index is -5.22. The summed E-state index contributed by atoms with van der Waals surface area (Å²) in [6, 6.07) is 49.0. The number of rotatable bonds is 7. The molecule has 0 aliphatic heterocycles. The van der Waals surface area contributed by atoms with Gasteiger partial charge in [-0.1, -0.05) is 125 Å². The second-order valence-corrected chi connectivity index (χ2v) is 23.4. The second-order valence-electron chi connectivity index (χ2n) is 23.4. The van der Waals surface area contributed by atoms with Gasteiger partial charge in [-0.2, -0.15) is 31.6 Å². The number of aromatic nitrogens is 2. The Labute approximate surface area is 485 Å². The molecule has 0 atom stereocenters. The van der Waals surface area contributed by atoms with Crippen molar-refractivity contribution in [3.63, 3.8) is 0 Å². The molecular weight excluding hydrogens is 1060 g/mol. The van der Waals surface area contributed by atoms with Gasteiger partial charge in [0.2, 0.25) is 0 Å². The van der Waals surface area contributed by atoms with Gasteiger partial charge in [0.1, 0.15) is 11.6 Å². The lowest BCUT2D eigenvalue weighted by Gasteiger charge is -2.23. The highest BCUT2D eigenvalue weighted by Gasteiger charge is 2.42. The van der Waals surface area contributed by atoms with E-state index in [4.69, 9.17) is 0 Å². The van der Waals surface area contributed by atoms with Crippen LogP contribution in [0.2, 0.25) is 0 Å². The van der Waals surface area contributed by atoms with Gasteiger partial charge < -0.3 is 9.13 Å². The molecule has 0 saturated heterocycles. The van der Waals surface area contributed by atoms with Gasteiger partial charge in [0, 0.05) is 27.1 Å². The Morgan fingerprint density at radius 2 is 0.560 bits per heavy atom. The molecule has 12 rings (SSSR count). The second kappa shape index (κ2) is 20.1. The fourth-order valence-electron chi connectivity index (χ4n) is 14.3. The van der Waals surface area contributed by atoms with Crippen LogP contribution >= 0.6 is 0 Å². The fraction of sp³-hybridized carbons (Fsp3) is 0.187. The predicted octanol–water partition coefficient (Wildman–Crippen LogP) is 21.8. The fourth-order valence-corrected chi connectivity index (χ4v) is 14.3. The standard InChI is InChI=1S/C75H61F6N3/c1-39-24-43(5)69(44(6)25-39)51-16-20-56-57-21-17-52(70-45(7)26-40(2)27-46(70)8)33-64(57)83(63(56)32-51)67-36-55(73-61(74(76,77)78)14-13-15-62(73)75(79,80)81)37-68(60(67)38-82)84-65-34-53(71-47(9)28-41(3)29-48(71)10)18-22-58(65)59-23-19-54(35-66(59)84)72-49(11)30-42(4)31-50(72)12/h13-37H,1-12H3. The molecule has 0 amide bonds. The zero-order valence-corrected chi connectivity index (χ0v) is 49.0. The maximum atomic E-state index is 15.8. The van der Waals surface area contributed by atoms with Crippen molar-refractivity contribution in [3.05, 3.63) is 235 Å². The van der Waals surface area contributed by atoms with E-state index in [1.807, 2.05) is 85.4 Å². The molecule has 0 N–H and O–H groups in total. The molecule has 0 fully saturated rings. The van der Waals surface area contributed by atoms with Crippen molar-refractivity contribution in [1.29, 1.82) is 5.26 Å². The molecule has 0 aliphatic carbocycles. The molecule has 3 nitrogen and oxygen atoms in total. The average Bonchev–Trinajstić information content (AvgIpc) is 1.68. The van der Waals surface area contributed by atoms with Crippen molar-refractivity contribution in [2.75, 3.05) is 0 Å². The SMILES string of the molecule is Cc1cc(C)c(-c2ccc3c4ccc(-c5c(C)cc(C)cc5C)cc4n(-c4cc(-c5c(C(F)(F)F)cccc5C(F)(F)F)cc(-n5c6cc(-c7c(C)cc(C)cc7C)ccc6c6ccc(-c7c(C)cc(C)cc7C)cc65)c4C#N)c3c2)c(C)c1. The highest BCUT2D eigenvalue weighted by Crippen LogP contribution is 2.49. The van der Waals surface area contributed by atoms with Crippen LogP contribution in [0.5, 0.6) is 0 Å². The van der Waals surface area contributed by atoms with E-state index in [1.165, 1.54) is 12.1 Å². The number of alkyl halides is 6. The highest BCUT2D eigenvalue weighted by atomic mass is 19.4. The lowest BCUT2D eigenvalue weighted by Crippen LogP contribution is -2.15. The van der Waals surface area contributed by atoms with Crippen LogP contribution in [0.1, 0.15) is 83.5 Å². The lowest BCUT2D eigenvalue weighted by molar-refractivity contribution is -0.142. The molecule has 418 valence electrons. The topological polar surface area (TPSA) is 33.6 Å². The molecule has 0 spiro atoms. The number of hydrogen-bond acceptors (Lipinski definition) is 1. The largest absolute Gasteiger partial charge is 0.417 e. The van der Waals surface area contributed by atoms with Gasteiger partial charge in [-0.3, -0.25) is 0 Å². The summed E-state index contributed by atoms with van der Waals surface area (Å²) in [7, 11) is 0. The Balaban J connectivity index is 1.31. The third-order valence-corrected chi connectivity index (χ3v) is 17.1. The zero-order chi connectivity index (χ0) is 59.7. The van der Waals surface area contributed by atoms with Gasteiger partial charge in [-0.05, 0) is 226 Å². The summed E-state index contributed by atoms with van der Waals surface area (Å²) >= 11 is 0. The van der Waals surface area contributed by atoms with Crippen molar-refractivity contribution in [1.82, 2.24) is 9.13 Å². The van der Waals surface area contributed by atoms with Crippen LogP contribution in [-0.4, -0.2) is 9.13 Å². The highest BCUT2D eigenvalue weighted by molar-refractivity contribution is 6.14. The summed E-state index contributed by atoms with van der Waals surface area (Å²) in [5, 5.41) is 15.3. The molecule has 0 aliphatic rings. The van der Waals surface area contributed by atoms with Crippen molar-refractivity contribution >= 4 is 43.6 Å². The molecular formula is C75H61F6N3. The van der Waals surface area contributed by atoms with Crippen molar-refractivity contribution in [3.8, 4) is 73.1 Å². The van der Waals surface area contributed by atoms with E-state index < -0.39 is 29.0 Å². The summed E-state index contributed by atoms with van der Waals surface area (Å²) in [5.74, 6) is 0. The first-order valence-corrected chi connectivity index (χ1v) is 28.2. The summed E-state index contributed by atoms with van der Waals surface area (Å²) in [5.41, 5.74) is 18.4. The number of aryl methyl sites for hydroxylation is 12. The molecule has 0 unspecified atom stereocenters. The number of nitriles is 1. The number of benzene rings is 10. The van der Waals surface area contributed by atoms with Crippen LogP contribution in [-0.2, 0) is 12.4 Å². The minimum absolute atomic E-state index is 0.0387. The molecule has 12 aromatic rings. The lowest BCUT2D eigenvalue weighted by atomic mass is 9.91. The van der Waals surface area contributed by atoms with E-state index in [-0.39, 0.29) is 22.5 Å². The Hall–Kier alpha value is -9.13. The van der Waals surface area contributed by atoms with Crippen LogP contribution in [0.25, 0.3) is 111 Å². The summed E-state index contributed by atoms with van der Waals surface area (Å²) in [4.78, 5) is 0. The third-order valence-electron chi connectivity index (χ3n) is 17.1. The number of nitrogens with zero attached hydrogens (tertiary/aromatic N) is 3. The number of halogens is 6. The Kier molecular flexibility index (Phi) is 13.2. The number of hydrogen-bond donors (Lipinski definition) is 0. The maximum absolute atomic E-state index is 15.8. The quantitative estimate of drug-likeness (QED) is 0.146. The molecule has 0 saturated carbocycles. The third kappa shape index (κ3) is 9.15. The Bertz CT molecular complexity index is 4230. The van der Waals surface area contributed by atoms with E-state index in [1.54, 1.807) is 0 Å². The van der Waals surface area contributed by atoms with Crippen molar-refractivity contribution in [2.24, 2.45) is 0 Å². The normalized spacial score (nSPS) is 12.2. The van der Waals surface area contributed by atoms with Gasteiger partial charge in [0.15, 0.2) is 0 Å². The first kappa shape index (κ1) is 55.4. The van der Waals surface area contributed by atoms with Crippen molar-refractivity contribution in [2.45, 2.75) is 95.4 Å². The van der Waals surface area contributed by atoms with Gasteiger partial charge >= 0.3 is 12.4 Å². The monoisotopic (exact) mass is 1120 g/mol. The van der Waals surface area contributed by atoms with Crippen LogP contribution in [0.15, 0.2) is 152 Å². The number of fused-ring (bicyclic) bond motifs is 6. The average molecular weight is 1120 g/mol. The maximum Gasteiger partial charge on any atom is 0.417 e. The Morgan fingerprint density at radius 1 is 0.310 bits per heavy atom. The smallest absolute Gasteiger partial charge is 0.308 e. The van der Waals surface area contributed by atoms with E-state index in [0.717, 1.165) is 139 Å². The predicted molar refractivity (Wildman–Crippen MR) is 334 cm³/mol. The summed E-state index contributed by atoms with van der Waals surface area (Å²) in [6.45, 7) is 24.6. The molecule has 9 heteroatoms. The van der Waals surface area contributed by atoms with Gasteiger partial charge in [0.05, 0.1) is 44.6 Å². The summed E-state index contributed by atoms with van der Waals surface area (Å²) < 4.78 is 98.5. The van der Waals surface area contributed by atoms with E-state index in [2.05, 4.69) is 134 Å². The summed E-state index contributed by atoms with van der Waals surface area (Å²) in [6.07, 6.45) is -10.4. The molecule has 84 heavy (non-hydrogen) atoms. The van der Waals surface area contributed by atoms with E-state index in [0.29, 0.717) is 34.2 Å². The molecule has 10 aromatic carbocycles. The van der Waals surface area contributed by atoms with Gasteiger partial charge in [-0.15, -0.1) is 0 Å². The first-order valence-electron chi connectivity index (χ1n) is 28.2. The van der Waals surface area contributed by atoms with Crippen LogP contribution in [0.4, 0.5) is 26.3 Å². The van der Waals surface area contributed by atoms with Gasteiger partial charge in [0.25, 0.3) is 0 Å². The van der Waals surface area contributed by atoms with Crippen molar-refractivity contribution < 1.29 is 26.3 Å². The molecule has 0 bridgehead atoms. The minimum Gasteiger partial charge on any atom is -0.308 e. The Morgan fingerprint density at radius 3 is 0.786 bits per heavy atom. The molecule has 2 heterocycles. The van der Waals surface area contributed by atoms with Crippen LogP contribution in [0, 0.1) is 94.4 Å². The zero-order valence-electron chi connectivity index (χ0n) is 49.0. The first-order chi connectivity index (χ1) is 39.8. The van der Waals surface area contributed by atoms with Crippen LogP contribution in [0.3, 0.4) is 0 Å². The van der Waals surface area contributed by atoms with Gasteiger partial charge in [-0.25, -0.2) is 0 Å². The van der Waals surface area contributed by atoms with E-state index >= 15 is 26.3 Å². The van der Waals surface area contributed by atoms with Crippen LogP contribution < -0.4 is 0 Å². The molecule has 2 aromatic heterocycles.